The van der Waals surface area contributed by atoms with Crippen molar-refractivity contribution in [3.63, 3.8) is 0 Å². The van der Waals surface area contributed by atoms with Gasteiger partial charge in [0.1, 0.15) is 0 Å². The van der Waals surface area contributed by atoms with Crippen LogP contribution in [0.3, 0.4) is 0 Å². The van der Waals surface area contributed by atoms with Gasteiger partial charge < -0.3 is 19.1 Å². The normalized spacial score (nSPS) is 22.5. The Labute approximate surface area is 115 Å². The van der Waals surface area contributed by atoms with Gasteiger partial charge in [-0.2, -0.15) is 0 Å². The standard InChI is InChI=1S/C12H23BN2O4/c1-6-7-8-13-18-9(11(16)14(2)3)10(19-13)12(17)15(4)5/h9-10H,6-8H2,1-5H3/t9-,10-/m0/s1. The Bertz CT molecular complexity index is 308. The van der Waals surface area contributed by atoms with E-state index in [2.05, 4.69) is 6.92 Å². The van der Waals surface area contributed by atoms with Gasteiger partial charge in [-0.15, -0.1) is 0 Å². The van der Waals surface area contributed by atoms with Crippen LogP contribution in [0, 0.1) is 0 Å². The van der Waals surface area contributed by atoms with Crippen LogP contribution < -0.4 is 0 Å². The first-order valence-electron chi connectivity index (χ1n) is 6.61. The van der Waals surface area contributed by atoms with Crippen molar-refractivity contribution in [1.82, 2.24) is 9.80 Å². The Morgan fingerprint density at radius 3 is 1.74 bits per heavy atom. The lowest BCUT2D eigenvalue weighted by Gasteiger charge is -2.22. The van der Waals surface area contributed by atoms with Gasteiger partial charge in [-0.05, 0) is 6.32 Å². The van der Waals surface area contributed by atoms with Crippen LogP contribution >= 0.6 is 0 Å². The minimum Gasteiger partial charge on any atom is -0.397 e. The van der Waals surface area contributed by atoms with Crippen LogP contribution in [-0.2, 0) is 18.9 Å². The summed E-state index contributed by atoms with van der Waals surface area (Å²) in [7, 11) is 6.09. The maximum atomic E-state index is 12.1. The molecule has 1 rings (SSSR count). The van der Waals surface area contributed by atoms with Crippen molar-refractivity contribution in [2.24, 2.45) is 0 Å². The fourth-order valence-electron chi connectivity index (χ4n) is 1.89. The van der Waals surface area contributed by atoms with E-state index in [1.165, 1.54) is 9.80 Å². The molecule has 7 heteroatoms. The predicted molar refractivity (Wildman–Crippen MR) is 72.6 cm³/mol. The van der Waals surface area contributed by atoms with E-state index < -0.39 is 19.3 Å². The Morgan fingerprint density at radius 2 is 1.42 bits per heavy atom. The molecule has 0 unspecified atom stereocenters. The minimum atomic E-state index is -0.841. The van der Waals surface area contributed by atoms with E-state index in [-0.39, 0.29) is 11.8 Å². The van der Waals surface area contributed by atoms with Crippen molar-refractivity contribution in [3.8, 4) is 0 Å². The number of hydrogen-bond acceptors (Lipinski definition) is 4. The molecule has 2 amide bonds. The van der Waals surface area contributed by atoms with Gasteiger partial charge in [-0.3, -0.25) is 9.59 Å². The number of amides is 2. The summed E-state index contributed by atoms with van der Waals surface area (Å²) in [6, 6.07) is 0. The highest BCUT2D eigenvalue weighted by molar-refractivity contribution is 6.46. The van der Waals surface area contributed by atoms with Gasteiger partial charge in [0.2, 0.25) is 0 Å². The highest BCUT2D eigenvalue weighted by atomic mass is 16.7. The maximum absolute atomic E-state index is 12.1. The fourth-order valence-corrected chi connectivity index (χ4v) is 1.89. The Balaban J connectivity index is 2.78. The number of unbranched alkanes of at least 4 members (excludes halogenated alkanes) is 1. The van der Waals surface area contributed by atoms with Gasteiger partial charge in [0, 0.05) is 28.2 Å². The summed E-state index contributed by atoms with van der Waals surface area (Å²) < 4.78 is 11.2. The molecule has 0 aromatic heterocycles. The maximum Gasteiger partial charge on any atom is 0.458 e. The lowest BCUT2D eigenvalue weighted by molar-refractivity contribution is -0.146. The number of rotatable bonds is 5. The summed E-state index contributed by atoms with van der Waals surface area (Å²) in [5, 5.41) is 0. The third kappa shape index (κ3) is 3.94. The quantitative estimate of drug-likeness (QED) is 0.671. The zero-order valence-corrected chi connectivity index (χ0v) is 12.4. The molecule has 0 bridgehead atoms. The van der Waals surface area contributed by atoms with Crippen LogP contribution in [0.15, 0.2) is 0 Å². The molecule has 0 spiro atoms. The van der Waals surface area contributed by atoms with Crippen LogP contribution in [-0.4, -0.2) is 69.1 Å². The summed E-state index contributed by atoms with van der Waals surface area (Å²) >= 11 is 0. The van der Waals surface area contributed by atoms with Crippen molar-refractivity contribution < 1.29 is 18.9 Å². The van der Waals surface area contributed by atoms with Gasteiger partial charge >= 0.3 is 7.12 Å². The van der Waals surface area contributed by atoms with Crippen LogP contribution in [0.1, 0.15) is 19.8 Å². The van der Waals surface area contributed by atoms with Crippen LogP contribution in [0.5, 0.6) is 0 Å². The molecule has 1 fully saturated rings. The van der Waals surface area contributed by atoms with E-state index in [4.69, 9.17) is 9.31 Å². The highest BCUT2D eigenvalue weighted by Crippen LogP contribution is 2.23. The molecule has 1 heterocycles. The second-order valence-electron chi connectivity index (χ2n) is 5.15. The number of carbonyl (C=O) groups excluding carboxylic acids is 2. The summed E-state index contributed by atoms with van der Waals surface area (Å²) in [5.41, 5.74) is 0. The van der Waals surface area contributed by atoms with Crippen molar-refractivity contribution >= 4 is 18.9 Å². The molecule has 0 aromatic carbocycles. The zero-order chi connectivity index (χ0) is 14.6. The smallest absolute Gasteiger partial charge is 0.397 e. The van der Waals surface area contributed by atoms with Crippen LogP contribution in [0.25, 0.3) is 0 Å². The number of carbonyl (C=O) groups is 2. The van der Waals surface area contributed by atoms with E-state index in [0.29, 0.717) is 6.32 Å². The van der Waals surface area contributed by atoms with Gasteiger partial charge in [-0.1, -0.05) is 19.8 Å². The molecule has 1 saturated heterocycles. The SMILES string of the molecule is CCCCB1O[C@H](C(=O)N(C)C)[C@@H](C(=O)N(C)C)O1. The first-order chi connectivity index (χ1) is 8.88. The monoisotopic (exact) mass is 270 g/mol. The van der Waals surface area contributed by atoms with Crippen molar-refractivity contribution in [2.45, 2.75) is 38.3 Å². The summed E-state index contributed by atoms with van der Waals surface area (Å²) in [6.45, 7) is 2.07. The van der Waals surface area contributed by atoms with Gasteiger partial charge in [0.05, 0.1) is 0 Å². The molecule has 1 aliphatic rings. The molecule has 0 N–H and O–H groups in total. The average molecular weight is 270 g/mol. The van der Waals surface area contributed by atoms with E-state index >= 15 is 0 Å². The molecule has 19 heavy (non-hydrogen) atoms. The summed E-state index contributed by atoms with van der Waals surface area (Å²) in [6.07, 6.45) is 0.974. The third-order valence-electron chi connectivity index (χ3n) is 3.03. The Morgan fingerprint density at radius 1 is 1.00 bits per heavy atom. The first kappa shape index (κ1) is 16.0. The molecule has 1 aliphatic heterocycles. The molecule has 0 saturated carbocycles. The van der Waals surface area contributed by atoms with Gasteiger partial charge in [0.15, 0.2) is 12.2 Å². The minimum absolute atomic E-state index is 0.237. The Hall–Kier alpha value is -1.08. The topological polar surface area (TPSA) is 59.1 Å². The van der Waals surface area contributed by atoms with E-state index in [0.717, 1.165) is 12.8 Å². The van der Waals surface area contributed by atoms with Crippen molar-refractivity contribution in [1.29, 1.82) is 0 Å². The number of hydrogen-bond donors (Lipinski definition) is 0. The molecule has 108 valence electrons. The van der Waals surface area contributed by atoms with Gasteiger partial charge in [-0.25, -0.2) is 0 Å². The second kappa shape index (κ2) is 6.91. The highest BCUT2D eigenvalue weighted by Gasteiger charge is 2.47. The summed E-state index contributed by atoms with van der Waals surface area (Å²) in [4.78, 5) is 26.9. The van der Waals surface area contributed by atoms with E-state index in [1.54, 1.807) is 28.2 Å². The average Bonchev–Trinajstić information content (AvgIpc) is 2.77. The Kier molecular flexibility index (Phi) is 5.81. The zero-order valence-electron chi connectivity index (χ0n) is 12.4. The first-order valence-corrected chi connectivity index (χ1v) is 6.61. The lowest BCUT2D eigenvalue weighted by atomic mass is 9.83. The molecular formula is C12H23BN2O4. The molecule has 0 radical (unpaired) electrons. The lowest BCUT2D eigenvalue weighted by Crippen LogP contribution is -2.47. The summed E-state index contributed by atoms with van der Waals surface area (Å²) in [5.74, 6) is -0.474. The van der Waals surface area contributed by atoms with Crippen molar-refractivity contribution in [3.05, 3.63) is 0 Å². The largest absolute Gasteiger partial charge is 0.458 e. The molecular weight excluding hydrogens is 247 g/mol. The van der Waals surface area contributed by atoms with Gasteiger partial charge in [0.25, 0.3) is 11.8 Å². The molecule has 2 atom stereocenters. The second-order valence-corrected chi connectivity index (χ2v) is 5.15. The number of likely N-dealkylation sites (N-methyl/N-ethyl adjacent to an activating group) is 2. The van der Waals surface area contributed by atoms with Crippen LogP contribution in [0.2, 0.25) is 6.32 Å². The van der Waals surface area contributed by atoms with Crippen LogP contribution in [0.4, 0.5) is 0 Å². The number of nitrogens with zero attached hydrogens (tertiary/aromatic N) is 2. The third-order valence-corrected chi connectivity index (χ3v) is 3.03. The van der Waals surface area contributed by atoms with Crippen molar-refractivity contribution in [2.75, 3.05) is 28.2 Å². The predicted octanol–water partition coefficient (Wildman–Crippen LogP) is 0.235. The molecule has 0 aromatic rings. The fraction of sp³-hybridized carbons (Fsp3) is 0.833. The molecule has 0 aliphatic carbocycles. The van der Waals surface area contributed by atoms with E-state index in [1.807, 2.05) is 0 Å². The van der Waals surface area contributed by atoms with E-state index in [9.17, 15) is 9.59 Å². The molecule has 6 nitrogen and oxygen atoms in total.